The molecule has 6 heteroatoms. The number of carbonyl (C=O) groups excluding carboxylic acids is 3. The molecule has 31 heavy (non-hydrogen) atoms. The minimum atomic E-state index is -1.29. The molecule has 3 fully saturated rings. The number of hydrogen-bond donors (Lipinski definition) is 1. The highest BCUT2D eigenvalue weighted by atomic mass is 16.6. The van der Waals surface area contributed by atoms with Gasteiger partial charge in [0.15, 0.2) is 5.60 Å². The van der Waals surface area contributed by atoms with Crippen molar-refractivity contribution >= 4 is 17.8 Å². The number of carbonyl (C=O) groups is 3. The second-order valence-electron chi connectivity index (χ2n) is 9.57. The van der Waals surface area contributed by atoms with Crippen molar-refractivity contribution in [2.45, 2.75) is 51.2 Å². The third-order valence-electron chi connectivity index (χ3n) is 8.05. The van der Waals surface area contributed by atoms with Gasteiger partial charge < -0.3 is 4.74 Å². The first-order valence-corrected chi connectivity index (χ1v) is 10.7. The number of amides is 2. The highest BCUT2D eigenvalue weighted by molar-refractivity contribution is 5.99. The Morgan fingerprint density at radius 2 is 1.52 bits per heavy atom. The Morgan fingerprint density at radius 3 is 2.03 bits per heavy atom. The van der Waals surface area contributed by atoms with E-state index < -0.39 is 28.4 Å². The molecule has 1 saturated carbocycles. The van der Waals surface area contributed by atoms with E-state index in [1.54, 1.807) is 0 Å². The normalized spacial score (nSPS) is 33.3. The van der Waals surface area contributed by atoms with Gasteiger partial charge in [-0.1, -0.05) is 74.5 Å². The van der Waals surface area contributed by atoms with E-state index in [1.165, 1.54) is 5.01 Å². The van der Waals surface area contributed by atoms with Crippen LogP contribution in [0.1, 0.15) is 56.7 Å². The molecule has 160 valence electrons. The molecular weight excluding hydrogens is 392 g/mol. The Bertz CT molecular complexity index is 1070. The molecule has 0 spiro atoms. The van der Waals surface area contributed by atoms with Gasteiger partial charge in [-0.05, 0) is 30.9 Å². The fraction of sp³-hybridized carbons (Fsp3) is 0.400. The minimum Gasteiger partial charge on any atom is -0.448 e. The second kappa shape index (κ2) is 6.42. The molecule has 5 rings (SSSR count). The standard InChI is InChI=1S/C25H26N2O4/c1-23(2)24(3)14-15-25(23,31-22(24)30)21(29)27-19(17-12-8-5-9-13-17)18(20(28)26-27)16-10-6-4-7-11-16/h4-13,18-19H,14-15H2,1-3H3,(H,26,28)/t18-,19-,24+,25+/m1/s1. The average molecular weight is 418 g/mol. The molecule has 2 amide bonds. The SMILES string of the molecule is CC1(C)[C@@]2(C)CC[C@@]1(C(=O)N1NC(=O)[C@H](c3ccccc3)[C@H]1c1ccccc1)OC2=O. The van der Waals surface area contributed by atoms with Gasteiger partial charge in [-0.3, -0.25) is 19.8 Å². The van der Waals surface area contributed by atoms with Crippen LogP contribution in [-0.2, 0) is 19.1 Å². The second-order valence-corrected chi connectivity index (χ2v) is 9.57. The topological polar surface area (TPSA) is 75.7 Å². The zero-order valence-electron chi connectivity index (χ0n) is 17.9. The number of ether oxygens (including phenoxy) is 1. The monoisotopic (exact) mass is 418 g/mol. The van der Waals surface area contributed by atoms with E-state index in [1.807, 2.05) is 81.4 Å². The van der Waals surface area contributed by atoms with Gasteiger partial charge in [-0.2, -0.15) is 0 Å². The third kappa shape index (κ3) is 2.42. The molecule has 1 aliphatic carbocycles. The van der Waals surface area contributed by atoms with Gasteiger partial charge in [0.1, 0.15) is 0 Å². The quantitative estimate of drug-likeness (QED) is 0.774. The molecule has 2 aliphatic heterocycles. The highest BCUT2D eigenvalue weighted by Gasteiger charge is 2.77. The average Bonchev–Trinajstić information content (AvgIpc) is 3.27. The summed E-state index contributed by atoms with van der Waals surface area (Å²) < 4.78 is 5.82. The number of nitrogens with zero attached hydrogens (tertiary/aromatic N) is 1. The molecule has 0 radical (unpaired) electrons. The van der Waals surface area contributed by atoms with Crippen molar-refractivity contribution in [2.75, 3.05) is 0 Å². The van der Waals surface area contributed by atoms with E-state index in [2.05, 4.69) is 5.43 Å². The van der Waals surface area contributed by atoms with Gasteiger partial charge in [-0.25, -0.2) is 5.01 Å². The van der Waals surface area contributed by atoms with Crippen molar-refractivity contribution in [3.63, 3.8) is 0 Å². The Hall–Kier alpha value is -3.15. The molecule has 3 aliphatic rings. The highest BCUT2D eigenvalue weighted by Crippen LogP contribution is 2.66. The van der Waals surface area contributed by atoms with Gasteiger partial charge in [0.25, 0.3) is 5.91 Å². The minimum absolute atomic E-state index is 0.243. The van der Waals surface area contributed by atoms with Crippen LogP contribution in [0.5, 0.6) is 0 Å². The maximum Gasteiger partial charge on any atom is 0.313 e. The van der Waals surface area contributed by atoms with Gasteiger partial charge >= 0.3 is 5.97 Å². The molecule has 6 nitrogen and oxygen atoms in total. The van der Waals surface area contributed by atoms with Gasteiger partial charge in [0, 0.05) is 5.41 Å². The molecule has 2 aromatic carbocycles. The lowest BCUT2D eigenvalue weighted by molar-refractivity contribution is -0.176. The van der Waals surface area contributed by atoms with E-state index in [0.717, 1.165) is 11.1 Å². The van der Waals surface area contributed by atoms with E-state index >= 15 is 0 Å². The number of benzene rings is 2. The lowest BCUT2D eigenvalue weighted by Gasteiger charge is -2.39. The Kier molecular flexibility index (Phi) is 4.10. The first kappa shape index (κ1) is 19.8. The van der Waals surface area contributed by atoms with Crippen molar-refractivity contribution in [1.29, 1.82) is 0 Å². The maximum atomic E-state index is 14.1. The summed E-state index contributed by atoms with van der Waals surface area (Å²) in [5.41, 5.74) is 1.82. The van der Waals surface area contributed by atoms with Crippen LogP contribution in [-0.4, -0.2) is 28.4 Å². The number of nitrogens with one attached hydrogen (secondary N) is 1. The fourth-order valence-electron chi connectivity index (χ4n) is 5.63. The summed E-state index contributed by atoms with van der Waals surface area (Å²) in [6.07, 6.45) is 1.04. The third-order valence-corrected chi connectivity index (χ3v) is 8.05. The summed E-state index contributed by atoms with van der Waals surface area (Å²) >= 11 is 0. The van der Waals surface area contributed by atoms with Crippen molar-refractivity contribution < 1.29 is 19.1 Å². The summed E-state index contributed by atoms with van der Waals surface area (Å²) in [6.45, 7) is 5.72. The smallest absolute Gasteiger partial charge is 0.313 e. The van der Waals surface area contributed by atoms with Crippen LogP contribution in [0.2, 0.25) is 0 Å². The molecule has 0 aromatic heterocycles. The molecule has 2 aromatic rings. The molecular formula is C25H26N2O4. The first-order valence-electron chi connectivity index (χ1n) is 10.7. The molecule has 2 heterocycles. The Morgan fingerprint density at radius 1 is 0.935 bits per heavy atom. The summed E-state index contributed by atoms with van der Waals surface area (Å²) in [7, 11) is 0. The zero-order valence-corrected chi connectivity index (χ0v) is 17.9. The van der Waals surface area contributed by atoms with E-state index in [4.69, 9.17) is 4.74 Å². The predicted octanol–water partition coefficient (Wildman–Crippen LogP) is 3.51. The number of rotatable bonds is 3. The lowest BCUT2D eigenvalue weighted by atomic mass is 9.66. The van der Waals surface area contributed by atoms with Gasteiger partial charge in [0.2, 0.25) is 5.91 Å². The summed E-state index contributed by atoms with van der Waals surface area (Å²) in [6, 6.07) is 18.5. The van der Waals surface area contributed by atoms with Crippen LogP contribution in [0.3, 0.4) is 0 Å². The zero-order chi connectivity index (χ0) is 22.0. The van der Waals surface area contributed by atoms with Crippen LogP contribution in [0, 0.1) is 10.8 Å². The van der Waals surface area contributed by atoms with E-state index in [0.29, 0.717) is 12.8 Å². The van der Waals surface area contributed by atoms with Gasteiger partial charge in [0.05, 0.1) is 17.4 Å². The van der Waals surface area contributed by atoms with E-state index in [-0.39, 0.29) is 17.8 Å². The summed E-state index contributed by atoms with van der Waals surface area (Å²) in [4.78, 5) is 40.0. The first-order chi connectivity index (χ1) is 14.7. The molecule has 2 saturated heterocycles. The fourth-order valence-corrected chi connectivity index (χ4v) is 5.63. The summed E-state index contributed by atoms with van der Waals surface area (Å²) in [5, 5.41) is 1.42. The Balaban J connectivity index is 1.61. The van der Waals surface area contributed by atoms with Crippen LogP contribution < -0.4 is 5.43 Å². The number of esters is 1. The van der Waals surface area contributed by atoms with Crippen molar-refractivity contribution in [1.82, 2.24) is 10.4 Å². The molecule has 4 atom stereocenters. The van der Waals surface area contributed by atoms with Crippen molar-refractivity contribution in [2.24, 2.45) is 10.8 Å². The molecule has 1 N–H and O–H groups in total. The van der Waals surface area contributed by atoms with Crippen molar-refractivity contribution in [3.05, 3.63) is 71.8 Å². The number of hydrazine groups is 1. The van der Waals surface area contributed by atoms with E-state index in [9.17, 15) is 14.4 Å². The molecule has 2 bridgehead atoms. The largest absolute Gasteiger partial charge is 0.448 e. The summed E-state index contributed by atoms with van der Waals surface area (Å²) in [5.74, 6) is -1.49. The van der Waals surface area contributed by atoms with Crippen LogP contribution in [0.15, 0.2) is 60.7 Å². The maximum absolute atomic E-state index is 14.1. The molecule has 0 unspecified atom stereocenters. The predicted molar refractivity (Wildman–Crippen MR) is 113 cm³/mol. The van der Waals surface area contributed by atoms with Crippen molar-refractivity contribution in [3.8, 4) is 0 Å². The number of fused-ring (bicyclic) bond motifs is 2. The van der Waals surface area contributed by atoms with Crippen LogP contribution >= 0.6 is 0 Å². The number of hydrogen-bond acceptors (Lipinski definition) is 4. The Labute approximate surface area is 181 Å². The lowest BCUT2D eigenvalue weighted by Crippen LogP contribution is -2.57. The van der Waals surface area contributed by atoms with Gasteiger partial charge in [-0.15, -0.1) is 0 Å². The van der Waals surface area contributed by atoms with Crippen LogP contribution in [0.4, 0.5) is 0 Å². The van der Waals surface area contributed by atoms with Crippen LogP contribution in [0.25, 0.3) is 0 Å².